The van der Waals surface area contributed by atoms with E-state index in [1.807, 2.05) is 4.90 Å². The van der Waals surface area contributed by atoms with Gasteiger partial charge in [-0.3, -0.25) is 0 Å². The van der Waals surface area contributed by atoms with Gasteiger partial charge in [-0.2, -0.15) is 0 Å². The van der Waals surface area contributed by atoms with Crippen LogP contribution in [0.2, 0.25) is 0 Å². The van der Waals surface area contributed by atoms with Gasteiger partial charge in [0.15, 0.2) is 0 Å². The first-order valence-electron chi connectivity index (χ1n) is 9.01. The van der Waals surface area contributed by atoms with E-state index < -0.39 is 12.0 Å². The highest BCUT2D eigenvalue weighted by Crippen LogP contribution is 2.45. The van der Waals surface area contributed by atoms with Crippen LogP contribution in [0.5, 0.6) is 5.75 Å². The van der Waals surface area contributed by atoms with Crippen molar-refractivity contribution in [2.24, 2.45) is 5.92 Å². The average molecular weight is 364 g/mol. The number of allylic oxidation sites excluding steroid dienone is 2. The molecule has 1 aliphatic carbocycles. The Morgan fingerprint density at radius 1 is 1.42 bits per heavy atom. The lowest BCUT2D eigenvalue weighted by atomic mass is 9.75. The summed E-state index contributed by atoms with van der Waals surface area (Å²) in [5.41, 5.74) is 0.0435. The summed E-state index contributed by atoms with van der Waals surface area (Å²) in [7, 11) is 0. The van der Waals surface area contributed by atoms with Gasteiger partial charge in [-0.05, 0) is 44.2 Å². The van der Waals surface area contributed by atoms with Crippen molar-refractivity contribution in [1.29, 1.82) is 0 Å². The summed E-state index contributed by atoms with van der Waals surface area (Å²) < 4.78 is 32.8. The van der Waals surface area contributed by atoms with Crippen molar-refractivity contribution < 1.29 is 18.6 Å². The molecule has 1 N–H and O–H groups in total. The van der Waals surface area contributed by atoms with Gasteiger partial charge in [0.05, 0.1) is 18.4 Å². The Hall–Kier alpha value is -1.95. The van der Waals surface area contributed by atoms with Gasteiger partial charge >= 0.3 is 0 Å². The van der Waals surface area contributed by atoms with Crippen molar-refractivity contribution >= 4 is 11.4 Å². The maximum Gasteiger partial charge on any atom is 0.264 e. The number of nitrogens with zero attached hydrogens (tertiary/aromatic N) is 2. The molecule has 3 rings (SSSR count). The molecule has 6 heteroatoms. The summed E-state index contributed by atoms with van der Waals surface area (Å²) in [5, 5.41) is 10.0. The van der Waals surface area contributed by atoms with Crippen molar-refractivity contribution in [2.75, 3.05) is 11.5 Å². The molecule has 142 valence electrons. The number of pyridine rings is 1. The molecular formula is C20H26F2N2O2. The summed E-state index contributed by atoms with van der Waals surface area (Å²) in [6.07, 6.45) is 2.36. The van der Waals surface area contributed by atoms with Crippen molar-refractivity contribution in [3.8, 4) is 5.75 Å². The van der Waals surface area contributed by atoms with E-state index in [4.69, 9.17) is 4.74 Å². The topological polar surface area (TPSA) is 45.6 Å². The molecular weight excluding hydrogens is 338 g/mol. The number of hydrogen-bond acceptors (Lipinski definition) is 4. The average Bonchev–Trinajstić information content (AvgIpc) is 2.51. The van der Waals surface area contributed by atoms with E-state index in [0.717, 1.165) is 6.42 Å². The number of aromatic nitrogens is 1. The maximum atomic E-state index is 13.6. The predicted molar refractivity (Wildman–Crippen MR) is 98.4 cm³/mol. The van der Waals surface area contributed by atoms with E-state index in [1.54, 1.807) is 19.2 Å². The first kappa shape index (κ1) is 18.8. The van der Waals surface area contributed by atoms with Crippen LogP contribution in [0.15, 0.2) is 30.6 Å². The molecule has 4 nitrogen and oxygen atoms in total. The van der Waals surface area contributed by atoms with Crippen LogP contribution >= 0.6 is 0 Å². The summed E-state index contributed by atoms with van der Waals surface area (Å²) in [6, 6.07) is 1.64. The minimum Gasteiger partial charge on any atom is -0.492 e. The zero-order valence-electron chi connectivity index (χ0n) is 15.5. The van der Waals surface area contributed by atoms with Crippen LogP contribution in [0.25, 0.3) is 5.57 Å². The quantitative estimate of drug-likeness (QED) is 0.813. The third kappa shape index (κ3) is 3.75. The largest absolute Gasteiger partial charge is 0.492 e. The Morgan fingerprint density at radius 2 is 2.12 bits per heavy atom. The number of aliphatic hydroxyl groups is 1. The standard InChI is InChI=1S/C20H26F2N2O2/c1-12(2)5-6-26-15-8-17-16(18(21)22)7-13(3)24(19(17)23-11-15)14-9-20(4,25)10-14/h7-8,11-12,14,18,25H,3,5-6,9-10H2,1-2,4H3/t14-,20+. The summed E-state index contributed by atoms with van der Waals surface area (Å²) >= 11 is 0. The first-order valence-corrected chi connectivity index (χ1v) is 9.01. The minimum absolute atomic E-state index is 0.00642. The van der Waals surface area contributed by atoms with E-state index in [9.17, 15) is 13.9 Å². The highest BCUT2D eigenvalue weighted by atomic mass is 19.3. The van der Waals surface area contributed by atoms with Crippen molar-refractivity contribution in [2.45, 2.75) is 58.1 Å². The van der Waals surface area contributed by atoms with E-state index in [2.05, 4.69) is 25.4 Å². The highest BCUT2D eigenvalue weighted by molar-refractivity contribution is 5.84. The molecule has 0 aromatic carbocycles. The number of anilines is 1. The van der Waals surface area contributed by atoms with Gasteiger partial charge in [0.2, 0.25) is 0 Å². The Kier molecular flexibility index (Phi) is 5.06. The van der Waals surface area contributed by atoms with Crippen LogP contribution in [-0.4, -0.2) is 34.8 Å². The van der Waals surface area contributed by atoms with Crippen LogP contribution in [0.4, 0.5) is 14.6 Å². The molecule has 0 unspecified atom stereocenters. The second kappa shape index (κ2) is 6.99. The van der Waals surface area contributed by atoms with Gasteiger partial charge in [-0.15, -0.1) is 0 Å². The van der Waals surface area contributed by atoms with Gasteiger partial charge in [-0.25, -0.2) is 13.8 Å². The van der Waals surface area contributed by atoms with Crippen LogP contribution in [0.3, 0.4) is 0 Å². The van der Waals surface area contributed by atoms with E-state index in [-0.39, 0.29) is 11.6 Å². The van der Waals surface area contributed by atoms with Crippen molar-refractivity contribution in [1.82, 2.24) is 4.98 Å². The second-order valence-electron chi connectivity index (χ2n) is 7.89. The highest BCUT2D eigenvalue weighted by Gasteiger charge is 2.44. The minimum atomic E-state index is -2.62. The molecule has 0 atom stereocenters. The SMILES string of the molecule is C=C1C=C(C(F)F)c2cc(OCCC(C)C)cnc2N1[C@H]1C[C@@](C)(O)C1. The van der Waals surface area contributed by atoms with E-state index >= 15 is 0 Å². The number of rotatable bonds is 6. The monoisotopic (exact) mass is 364 g/mol. The fourth-order valence-corrected chi connectivity index (χ4v) is 3.52. The molecule has 0 spiro atoms. The predicted octanol–water partition coefficient (Wildman–Crippen LogP) is 4.40. The molecule has 1 saturated carbocycles. The molecule has 0 saturated heterocycles. The van der Waals surface area contributed by atoms with E-state index in [0.29, 0.717) is 48.2 Å². The number of halogens is 2. The fourth-order valence-electron chi connectivity index (χ4n) is 3.52. The van der Waals surface area contributed by atoms with Gasteiger partial charge < -0.3 is 14.7 Å². The maximum absolute atomic E-state index is 13.6. The Balaban J connectivity index is 1.89. The zero-order valence-corrected chi connectivity index (χ0v) is 15.5. The number of alkyl halides is 2. The molecule has 1 fully saturated rings. The Bertz CT molecular complexity index is 721. The second-order valence-corrected chi connectivity index (χ2v) is 7.89. The van der Waals surface area contributed by atoms with Gasteiger partial charge in [0, 0.05) is 22.9 Å². The number of hydrogen-bond donors (Lipinski definition) is 1. The number of fused-ring (bicyclic) bond motifs is 1. The van der Waals surface area contributed by atoms with Crippen molar-refractivity contribution in [3.63, 3.8) is 0 Å². The van der Waals surface area contributed by atoms with Crippen LogP contribution in [0, 0.1) is 5.92 Å². The summed E-state index contributed by atoms with van der Waals surface area (Å²) in [5.74, 6) is 1.45. The lowest BCUT2D eigenvalue weighted by Gasteiger charge is -2.48. The van der Waals surface area contributed by atoms with Gasteiger partial charge in [0.25, 0.3) is 6.43 Å². The van der Waals surface area contributed by atoms with Crippen LogP contribution in [0.1, 0.15) is 45.6 Å². The molecule has 0 bridgehead atoms. The molecule has 1 aliphatic heterocycles. The Morgan fingerprint density at radius 3 is 2.69 bits per heavy atom. The fraction of sp³-hybridized carbons (Fsp3) is 0.550. The van der Waals surface area contributed by atoms with Crippen LogP contribution < -0.4 is 9.64 Å². The van der Waals surface area contributed by atoms with E-state index in [1.165, 1.54) is 6.08 Å². The third-order valence-corrected chi connectivity index (χ3v) is 4.93. The molecule has 26 heavy (non-hydrogen) atoms. The first-order chi connectivity index (χ1) is 12.2. The molecule has 1 aromatic heterocycles. The summed E-state index contributed by atoms with van der Waals surface area (Å²) in [6.45, 7) is 10.4. The lowest BCUT2D eigenvalue weighted by Crippen LogP contribution is -2.54. The van der Waals surface area contributed by atoms with Gasteiger partial charge in [-0.1, -0.05) is 20.4 Å². The molecule has 1 aromatic rings. The zero-order chi connectivity index (χ0) is 19.1. The Labute approximate surface area is 153 Å². The lowest BCUT2D eigenvalue weighted by molar-refractivity contribution is -0.0294. The molecule has 2 heterocycles. The van der Waals surface area contributed by atoms with Crippen LogP contribution in [-0.2, 0) is 0 Å². The molecule has 0 radical (unpaired) electrons. The molecule has 0 amide bonds. The molecule has 2 aliphatic rings. The van der Waals surface area contributed by atoms with Crippen molar-refractivity contribution in [3.05, 3.63) is 36.2 Å². The number of ether oxygens (including phenoxy) is 1. The van der Waals surface area contributed by atoms with Gasteiger partial charge in [0.1, 0.15) is 11.6 Å². The third-order valence-electron chi connectivity index (χ3n) is 4.93. The smallest absolute Gasteiger partial charge is 0.264 e. The normalized spacial score (nSPS) is 25.2. The summed E-state index contributed by atoms with van der Waals surface area (Å²) in [4.78, 5) is 6.27.